The molecular weight excluding hydrogens is 675 g/mol. The Morgan fingerprint density at radius 3 is 1.49 bits per heavy atom. The van der Waals surface area contributed by atoms with E-state index in [-0.39, 0.29) is 5.41 Å². The van der Waals surface area contributed by atoms with E-state index < -0.39 is 0 Å². The Morgan fingerprint density at radius 2 is 0.891 bits per heavy atom. The van der Waals surface area contributed by atoms with Crippen LogP contribution in [0.5, 0.6) is 0 Å². The van der Waals surface area contributed by atoms with E-state index in [0.717, 1.165) is 83.1 Å². The number of aromatic nitrogens is 5. The molecule has 4 aromatic heterocycles. The highest BCUT2D eigenvalue weighted by Crippen LogP contribution is 2.42. The molecule has 0 amide bonds. The molecule has 6 heteroatoms. The molecule has 0 spiro atoms. The summed E-state index contributed by atoms with van der Waals surface area (Å²) in [5, 5.41) is 6.86. The third kappa shape index (κ3) is 4.71. The molecule has 0 N–H and O–H groups in total. The van der Waals surface area contributed by atoms with Crippen molar-refractivity contribution in [3.05, 3.63) is 164 Å². The van der Waals surface area contributed by atoms with E-state index in [0.29, 0.717) is 11.6 Å². The highest BCUT2D eigenvalue weighted by atomic mass is 16.3. The summed E-state index contributed by atoms with van der Waals surface area (Å²) < 4.78 is 11.3. The maximum atomic E-state index is 6.60. The molecule has 0 bridgehead atoms. The lowest BCUT2D eigenvalue weighted by atomic mass is 9.95. The summed E-state index contributed by atoms with van der Waals surface area (Å²) in [4.78, 5) is 15.8. The van der Waals surface area contributed by atoms with Gasteiger partial charge in [-0.1, -0.05) is 118 Å². The normalized spacial score (nSPS) is 12.3. The fraction of sp³-hybridized carbons (Fsp3) is 0.0816. The lowest BCUT2D eigenvalue weighted by molar-refractivity contribution is 0.543. The summed E-state index contributed by atoms with van der Waals surface area (Å²) >= 11 is 0. The molecule has 0 radical (unpaired) electrons. The second-order valence-electron chi connectivity index (χ2n) is 15.2. The molecule has 11 rings (SSSR count). The third-order valence-corrected chi connectivity index (χ3v) is 10.8. The Kier molecular flexibility index (Phi) is 6.71. The summed E-state index contributed by atoms with van der Waals surface area (Å²) in [5.41, 5.74) is 9.70. The maximum Gasteiger partial charge on any atom is 0.165 e. The highest BCUT2D eigenvalue weighted by Gasteiger charge is 2.26. The fourth-order valence-electron chi connectivity index (χ4n) is 8.34. The topological polar surface area (TPSA) is 61.7 Å². The summed E-state index contributed by atoms with van der Waals surface area (Å²) in [5.74, 6) is 1.98. The molecule has 0 unspecified atom stereocenters. The Bertz CT molecular complexity index is 3270. The van der Waals surface area contributed by atoms with E-state index in [1.54, 1.807) is 0 Å². The van der Waals surface area contributed by atoms with Crippen LogP contribution in [0.3, 0.4) is 0 Å². The van der Waals surface area contributed by atoms with Crippen LogP contribution in [0, 0.1) is 0 Å². The molecule has 4 heterocycles. The Morgan fingerprint density at radius 1 is 0.418 bits per heavy atom. The highest BCUT2D eigenvalue weighted by molar-refractivity contribution is 6.24. The first-order valence-electron chi connectivity index (χ1n) is 18.7. The SMILES string of the molecule is CC(C)(C)c1nc(-c2ccccc2-n2c3ccccc3c3ccccc32)nc(-c2ccccc2-n2c3ccccc3c3c4oc5ccccc5c4ccc32)n1. The minimum absolute atomic E-state index is 0.344. The quantitative estimate of drug-likeness (QED) is 0.182. The van der Waals surface area contributed by atoms with Crippen molar-refractivity contribution in [2.24, 2.45) is 0 Å². The molecule has 6 nitrogen and oxygen atoms in total. The first-order valence-corrected chi connectivity index (χ1v) is 18.7. The van der Waals surface area contributed by atoms with Crippen LogP contribution in [0.2, 0.25) is 0 Å². The second kappa shape index (κ2) is 11.7. The van der Waals surface area contributed by atoms with E-state index in [2.05, 4.69) is 175 Å². The lowest BCUT2D eigenvalue weighted by Gasteiger charge is -2.20. The predicted molar refractivity (Wildman–Crippen MR) is 225 cm³/mol. The number of furan rings is 1. The van der Waals surface area contributed by atoms with Crippen LogP contribution in [-0.2, 0) is 5.41 Å². The third-order valence-electron chi connectivity index (χ3n) is 10.8. The van der Waals surface area contributed by atoms with Gasteiger partial charge in [0.25, 0.3) is 0 Å². The molecule has 55 heavy (non-hydrogen) atoms. The van der Waals surface area contributed by atoms with Crippen LogP contribution < -0.4 is 0 Å². The van der Waals surface area contributed by atoms with Gasteiger partial charge < -0.3 is 13.6 Å². The minimum Gasteiger partial charge on any atom is -0.455 e. The maximum absolute atomic E-state index is 6.60. The number of benzene rings is 7. The van der Waals surface area contributed by atoms with Gasteiger partial charge in [-0.05, 0) is 60.7 Å². The van der Waals surface area contributed by atoms with Gasteiger partial charge in [0, 0.05) is 43.5 Å². The van der Waals surface area contributed by atoms with Crippen molar-refractivity contribution in [1.82, 2.24) is 24.1 Å². The van der Waals surface area contributed by atoms with Crippen LogP contribution in [-0.4, -0.2) is 24.1 Å². The average Bonchev–Trinajstić information content (AvgIpc) is 3.88. The van der Waals surface area contributed by atoms with Crippen LogP contribution in [0.4, 0.5) is 0 Å². The molecule has 0 saturated heterocycles. The number of rotatable bonds is 4. The minimum atomic E-state index is -0.344. The molecule has 11 aromatic rings. The van der Waals surface area contributed by atoms with E-state index in [9.17, 15) is 0 Å². The average molecular weight is 710 g/mol. The monoisotopic (exact) mass is 709 g/mol. The van der Waals surface area contributed by atoms with Crippen molar-refractivity contribution < 1.29 is 4.42 Å². The van der Waals surface area contributed by atoms with Gasteiger partial charge in [-0.2, -0.15) is 0 Å². The van der Waals surface area contributed by atoms with E-state index in [1.165, 1.54) is 10.8 Å². The lowest BCUT2D eigenvalue weighted by Crippen LogP contribution is -2.18. The molecule has 0 fully saturated rings. The zero-order chi connectivity index (χ0) is 36.8. The smallest absolute Gasteiger partial charge is 0.165 e. The first-order chi connectivity index (χ1) is 26.9. The molecule has 0 aliphatic heterocycles. The number of para-hydroxylation sites is 6. The molecule has 0 aliphatic carbocycles. The van der Waals surface area contributed by atoms with Gasteiger partial charge in [0.05, 0.1) is 38.8 Å². The van der Waals surface area contributed by atoms with Crippen LogP contribution >= 0.6 is 0 Å². The fourth-order valence-corrected chi connectivity index (χ4v) is 8.34. The summed E-state index contributed by atoms with van der Waals surface area (Å²) in [6.07, 6.45) is 0. The van der Waals surface area contributed by atoms with E-state index in [1.807, 2.05) is 12.1 Å². The summed E-state index contributed by atoms with van der Waals surface area (Å²) in [6, 6.07) is 55.3. The van der Waals surface area contributed by atoms with Crippen molar-refractivity contribution in [1.29, 1.82) is 0 Å². The second-order valence-corrected chi connectivity index (χ2v) is 15.2. The zero-order valence-electron chi connectivity index (χ0n) is 30.7. The van der Waals surface area contributed by atoms with Crippen molar-refractivity contribution >= 4 is 65.6 Å². The zero-order valence-corrected chi connectivity index (χ0v) is 30.7. The number of hydrogen-bond donors (Lipinski definition) is 0. The number of fused-ring (bicyclic) bond motifs is 10. The molecule has 7 aromatic carbocycles. The van der Waals surface area contributed by atoms with Gasteiger partial charge in [-0.3, -0.25) is 0 Å². The van der Waals surface area contributed by atoms with Gasteiger partial charge in [0.1, 0.15) is 17.0 Å². The van der Waals surface area contributed by atoms with Gasteiger partial charge in [0.2, 0.25) is 0 Å². The predicted octanol–water partition coefficient (Wildman–Crippen LogP) is 12.6. The molecular formula is C49H35N5O. The number of nitrogens with zero attached hydrogens (tertiary/aromatic N) is 5. The van der Waals surface area contributed by atoms with Crippen molar-refractivity contribution in [2.45, 2.75) is 26.2 Å². The van der Waals surface area contributed by atoms with Crippen molar-refractivity contribution in [3.8, 4) is 34.2 Å². The van der Waals surface area contributed by atoms with Gasteiger partial charge >= 0.3 is 0 Å². The van der Waals surface area contributed by atoms with Crippen molar-refractivity contribution in [3.63, 3.8) is 0 Å². The van der Waals surface area contributed by atoms with Crippen molar-refractivity contribution in [2.75, 3.05) is 0 Å². The van der Waals surface area contributed by atoms with Gasteiger partial charge in [0.15, 0.2) is 11.6 Å². The van der Waals surface area contributed by atoms with Crippen LogP contribution in [0.1, 0.15) is 26.6 Å². The molecule has 0 saturated carbocycles. The summed E-state index contributed by atoms with van der Waals surface area (Å²) in [7, 11) is 0. The Balaban J connectivity index is 1.17. The molecule has 0 aliphatic rings. The largest absolute Gasteiger partial charge is 0.455 e. The molecule has 0 atom stereocenters. The van der Waals surface area contributed by atoms with Crippen LogP contribution in [0.15, 0.2) is 162 Å². The Hall–Kier alpha value is -7.05. The first kappa shape index (κ1) is 31.5. The van der Waals surface area contributed by atoms with Gasteiger partial charge in [-0.25, -0.2) is 15.0 Å². The standard InChI is InChI=1S/C49H35N5O/c1-49(2,3)48-51-46(35-20-7-13-25-40(35)53-37-22-10-4-16-30(37)31-17-5-11-23-38(31)53)50-47(52-48)36-21-8-14-26-41(36)54-39-24-12-6-19-34(39)44-42(54)29-28-33-32-18-9-15-27-43(32)55-45(33)44/h4-29H,1-3H3. The molecule has 262 valence electrons. The number of hydrogen-bond acceptors (Lipinski definition) is 4. The van der Waals surface area contributed by atoms with Crippen LogP contribution in [0.25, 0.3) is 99.7 Å². The van der Waals surface area contributed by atoms with Gasteiger partial charge in [-0.15, -0.1) is 0 Å². The Labute approximate surface area is 317 Å². The van der Waals surface area contributed by atoms with E-state index in [4.69, 9.17) is 19.4 Å². The summed E-state index contributed by atoms with van der Waals surface area (Å²) in [6.45, 7) is 6.48. The van der Waals surface area contributed by atoms with E-state index >= 15 is 0 Å².